The Hall–Kier alpha value is -3.44. The summed E-state index contributed by atoms with van der Waals surface area (Å²) < 4.78 is 36.1. The van der Waals surface area contributed by atoms with Crippen LogP contribution in [0.15, 0.2) is 89.6 Å². The van der Waals surface area contributed by atoms with Crippen LogP contribution in [-0.4, -0.2) is 18.0 Å². The zero-order chi connectivity index (χ0) is 31.9. The van der Waals surface area contributed by atoms with E-state index < -0.39 is 19.9 Å². The number of furan rings is 1. The molecule has 223 valence electrons. The van der Waals surface area contributed by atoms with Crippen LogP contribution in [0.25, 0.3) is 44.5 Å². The van der Waals surface area contributed by atoms with Crippen LogP contribution in [0.3, 0.4) is 0 Å². The second-order valence-electron chi connectivity index (χ2n) is 11.9. The molecule has 1 radical (unpaired) electrons. The first-order chi connectivity index (χ1) is 20.6. The molecule has 6 rings (SSSR count). The van der Waals surface area contributed by atoms with Gasteiger partial charge in [0.1, 0.15) is 11.4 Å². The van der Waals surface area contributed by atoms with Gasteiger partial charge in [-0.2, -0.15) is 0 Å². The summed E-state index contributed by atoms with van der Waals surface area (Å²) in [7, 11) is -1.50. The Balaban J connectivity index is 0.000000204. The quantitative estimate of drug-likeness (QED) is 0.130. The molecule has 0 amide bonds. The van der Waals surface area contributed by atoms with Gasteiger partial charge in [0.2, 0.25) is 0 Å². The van der Waals surface area contributed by atoms with Crippen LogP contribution < -0.4 is 5.19 Å². The predicted octanol–water partition coefficient (Wildman–Crippen LogP) is 9.93. The molecule has 0 fully saturated rings. The zero-order valence-electron chi connectivity index (χ0n) is 27.6. The van der Waals surface area contributed by atoms with Crippen LogP contribution in [0.2, 0.25) is 19.6 Å². The van der Waals surface area contributed by atoms with Gasteiger partial charge in [-0.25, -0.2) is 4.39 Å². The molecule has 0 bridgehead atoms. The molecular weight excluding hydrogens is 728 g/mol. The van der Waals surface area contributed by atoms with Crippen molar-refractivity contribution in [2.24, 2.45) is 0 Å². The van der Waals surface area contributed by atoms with Gasteiger partial charge in [0, 0.05) is 40.6 Å². The number of rotatable bonds is 5. The minimum atomic E-state index is -1.50. The molecule has 0 aliphatic carbocycles. The van der Waals surface area contributed by atoms with Gasteiger partial charge in [-0.1, -0.05) is 81.5 Å². The van der Waals surface area contributed by atoms with Gasteiger partial charge >= 0.3 is 0 Å². The monoisotopic (exact) mass is 767 g/mol. The molecule has 43 heavy (non-hydrogen) atoms. The standard InChI is InChI=1S/C20H15FNO.C17H22NSi.Ir/c1-12(2)13-8-9-22-18(10-13)16-5-3-4-15-17-11-14(21)6-7-19(17)23-20(15)16;1-13(2)15-11-16(14-9-7-6-8-10-14)18-12-17(15)19(3,4)5;/h3-4,6-12H,1-2H3;6-9,11-13H,1-5H3;/q2*-1;/i12D;13D;. The number of halogens is 1. The average molecular weight is 767 g/mol. The van der Waals surface area contributed by atoms with E-state index in [4.69, 9.17) is 7.16 Å². The number of aromatic nitrogens is 2. The summed E-state index contributed by atoms with van der Waals surface area (Å²) in [5.74, 6) is -1.62. The fourth-order valence-electron chi connectivity index (χ4n) is 4.95. The van der Waals surface area contributed by atoms with Crippen molar-refractivity contribution < 1.29 is 31.7 Å². The maximum absolute atomic E-state index is 13.6. The minimum Gasteiger partial charge on any atom is -0.501 e. The number of pyridine rings is 2. The Kier molecular flexibility index (Phi) is 9.27. The average Bonchev–Trinajstić information content (AvgIpc) is 3.34. The second kappa shape index (κ2) is 13.5. The van der Waals surface area contributed by atoms with Gasteiger partial charge in [-0.3, -0.25) is 0 Å². The van der Waals surface area contributed by atoms with Crippen molar-refractivity contribution >= 4 is 35.2 Å². The molecule has 0 saturated carbocycles. The maximum Gasteiger partial charge on any atom is 0.124 e. The van der Waals surface area contributed by atoms with Crippen molar-refractivity contribution in [3.8, 4) is 22.5 Å². The number of benzene rings is 3. The molecule has 3 aromatic carbocycles. The molecule has 3 nitrogen and oxygen atoms in total. The van der Waals surface area contributed by atoms with Crippen molar-refractivity contribution in [3.05, 3.63) is 114 Å². The Morgan fingerprint density at radius 1 is 0.837 bits per heavy atom. The molecule has 0 spiro atoms. The van der Waals surface area contributed by atoms with Crippen LogP contribution >= 0.6 is 0 Å². The molecular formula is C37H37FIrN2OSi-2. The fraction of sp³-hybridized carbons (Fsp3) is 0.243. The van der Waals surface area contributed by atoms with Crippen molar-refractivity contribution in [3.63, 3.8) is 0 Å². The van der Waals surface area contributed by atoms with Crippen LogP contribution in [-0.2, 0) is 20.1 Å². The van der Waals surface area contributed by atoms with Crippen LogP contribution in [0.5, 0.6) is 0 Å². The number of fused-ring (bicyclic) bond motifs is 3. The van der Waals surface area contributed by atoms with Gasteiger partial charge in [0.05, 0.1) is 13.7 Å². The fourth-order valence-corrected chi connectivity index (χ4v) is 6.53. The van der Waals surface area contributed by atoms with E-state index in [1.54, 1.807) is 18.3 Å². The predicted molar refractivity (Wildman–Crippen MR) is 175 cm³/mol. The van der Waals surface area contributed by atoms with E-state index in [0.717, 1.165) is 38.7 Å². The third-order valence-corrected chi connectivity index (χ3v) is 9.24. The summed E-state index contributed by atoms with van der Waals surface area (Å²) in [5.41, 5.74) is 6.52. The first-order valence-electron chi connectivity index (χ1n) is 15.1. The largest absolute Gasteiger partial charge is 0.501 e. The smallest absolute Gasteiger partial charge is 0.124 e. The molecule has 6 aromatic rings. The Bertz CT molecular complexity index is 1940. The van der Waals surface area contributed by atoms with Gasteiger partial charge in [0.25, 0.3) is 0 Å². The summed E-state index contributed by atoms with van der Waals surface area (Å²) >= 11 is 0. The molecule has 3 heterocycles. The first kappa shape index (κ1) is 29.6. The summed E-state index contributed by atoms with van der Waals surface area (Å²) in [4.78, 5) is 9.02. The molecule has 0 atom stereocenters. The molecule has 0 N–H and O–H groups in total. The van der Waals surface area contributed by atoms with Crippen molar-refractivity contribution in [1.29, 1.82) is 0 Å². The minimum absolute atomic E-state index is 0. The van der Waals surface area contributed by atoms with E-state index in [9.17, 15) is 4.39 Å². The third kappa shape index (κ3) is 7.21. The van der Waals surface area contributed by atoms with Crippen LogP contribution in [0.1, 0.15) is 53.4 Å². The molecule has 6 heteroatoms. The second-order valence-corrected chi connectivity index (χ2v) is 16.9. The Morgan fingerprint density at radius 3 is 2.30 bits per heavy atom. The van der Waals surface area contributed by atoms with E-state index in [0.29, 0.717) is 16.9 Å². The number of hydrogen-bond donors (Lipinski definition) is 0. The van der Waals surface area contributed by atoms with Crippen molar-refractivity contribution in [2.45, 2.75) is 59.1 Å². The zero-order valence-corrected chi connectivity index (χ0v) is 29.0. The normalized spacial score (nSPS) is 12.7. The SMILES string of the molecule is [2H]C(C)(C)c1cc(-c2[c-]cccc2)ncc1[Si](C)(C)C.[2H]C(C)(C)c1ccnc(-c2[c-]ccc3c2oc2ccc(F)cc23)c1.[Ir]. The van der Waals surface area contributed by atoms with E-state index >= 15 is 0 Å². The van der Waals surface area contributed by atoms with E-state index in [-0.39, 0.29) is 25.9 Å². The topological polar surface area (TPSA) is 38.9 Å². The molecule has 0 aliphatic rings. The Morgan fingerprint density at radius 2 is 1.63 bits per heavy atom. The molecule has 0 unspecified atom stereocenters. The summed E-state index contributed by atoms with van der Waals surface area (Å²) in [6, 6.07) is 28.2. The summed E-state index contributed by atoms with van der Waals surface area (Å²) in [6.07, 6.45) is 3.67. The Labute approximate surface area is 271 Å². The van der Waals surface area contributed by atoms with E-state index in [1.165, 1.54) is 17.3 Å². The van der Waals surface area contributed by atoms with Gasteiger partial charge in [0.15, 0.2) is 0 Å². The number of nitrogens with zero attached hydrogens (tertiary/aromatic N) is 2. The van der Waals surface area contributed by atoms with Crippen molar-refractivity contribution in [2.75, 3.05) is 0 Å². The molecule has 3 aromatic heterocycles. The van der Waals surface area contributed by atoms with Crippen LogP contribution in [0, 0.1) is 17.9 Å². The summed E-state index contributed by atoms with van der Waals surface area (Å²) in [5, 5.41) is 2.84. The van der Waals surface area contributed by atoms with Crippen LogP contribution in [0.4, 0.5) is 4.39 Å². The first-order valence-corrected chi connectivity index (χ1v) is 17.6. The third-order valence-electron chi connectivity index (χ3n) is 7.22. The number of hydrogen-bond acceptors (Lipinski definition) is 3. The molecule has 0 saturated heterocycles. The van der Waals surface area contributed by atoms with E-state index in [1.807, 2.05) is 76.4 Å². The summed E-state index contributed by atoms with van der Waals surface area (Å²) in [6.45, 7) is 14.5. The maximum atomic E-state index is 13.6. The van der Waals surface area contributed by atoms with Gasteiger partial charge < -0.3 is 14.4 Å². The van der Waals surface area contributed by atoms with Gasteiger partial charge in [-0.15, -0.1) is 54.1 Å². The molecule has 0 aliphatic heterocycles. The van der Waals surface area contributed by atoms with E-state index in [2.05, 4.69) is 47.8 Å². The van der Waals surface area contributed by atoms with Crippen molar-refractivity contribution in [1.82, 2.24) is 9.97 Å². The van der Waals surface area contributed by atoms with Gasteiger partial charge in [-0.05, 0) is 52.6 Å².